The summed E-state index contributed by atoms with van der Waals surface area (Å²) in [4.78, 5) is 2.57. The topological polar surface area (TPSA) is 23.5 Å². The fourth-order valence-electron chi connectivity index (χ4n) is 3.02. The molecule has 1 saturated carbocycles. The number of benzene rings is 1. The zero-order chi connectivity index (χ0) is 13.8. The molecule has 0 bridgehead atoms. The van der Waals surface area contributed by atoms with Gasteiger partial charge in [-0.1, -0.05) is 38.8 Å². The van der Waals surface area contributed by atoms with E-state index < -0.39 is 0 Å². The zero-order valence-corrected chi connectivity index (χ0v) is 12.5. The van der Waals surface area contributed by atoms with Crippen LogP contribution in [0.2, 0.25) is 0 Å². The summed E-state index contributed by atoms with van der Waals surface area (Å²) in [6, 6.07) is 9.16. The Balaban J connectivity index is 2.16. The molecule has 19 heavy (non-hydrogen) atoms. The summed E-state index contributed by atoms with van der Waals surface area (Å²) >= 11 is 0. The minimum atomic E-state index is -0.376. The Hall–Kier alpha value is -1.02. The van der Waals surface area contributed by atoms with Gasteiger partial charge >= 0.3 is 0 Å². The van der Waals surface area contributed by atoms with Crippen molar-refractivity contribution in [2.45, 2.75) is 58.6 Å². The fourth-order valence-corrected chi connectivity index (χ4v) is 3.02. The van der Waals surface area contributed by atoms with E-state index in [9.17, 15) is 5.11 Å². The second-order valence-corrected chi connectivity index (χ2v) is 6.25. The van der Waals surface area contributed by atoms with Gasteiger partial charge in [-0.3, -0.25) is 0 Å². The van der Waals surface area contributed by atoms with E-state index >= 15 is 0 Å². The first-order valence-electron chi connectivity index (χ1n) is 7.62. The van der Waals surface area contributed by atoms with Gasteiger partial charge in [0.1, 0.15) is 0 Å². The Morgan fingerprint density at radius 1 is 1.11 bits per heavy atom. The first kappa shape index (κ1) is 14.4. The van der Waals surface area contributed by atoms with Gasteiger partial charge in [-0.15, -0.1) is 0 Å². The second kappa shape index (κ2) is 6.42. The van der Waals surface area contributed by atoms with E-state index in [2.05, 4.69) is 43.0 Å². The zero-order valence-electron chi connectivity index (χ0n) is 12.5. The third-order valence-corrected chi connectivity index (χ3v) is 4.03. The predicted molar refractivity (Wildman–Crippen MR) is 81.5 cm³/mol. The number of rotatable bonds is 5. The molecule has 0 saturated heterocycles. The Kier molecular flexibility index (Phi) is 4.87. The summed E-state index contributed by atoms with van der Waals surface area (Å²) in [7, 11) is 0. The molecule has 1 atom stereocenters. The van der Waals surface area contributed by atoms with Crippen LogP contribution >= 0.6 is 0 Å². The average molecular weight is 261 g/mol. The molecule has 0 heterocycles. The van der Waals surface area contributed by atoms with Crippen LogP contribution in [0.15, 0.2) is 24.3 Å². The van der Waals surface area contributed by atoms with Crippen molar-refractivity contribution in [3.63, 3.8) is 0 Å². The summed E-state index contributed by atoms with van der Waals surface area (Å²) in [5.41, 5.74) is 2.31. The number of aliphatic hydroxyl groups excluding tert-OH is 1. The molecule has 1 N–H and O–H groups in total. The van der Waals surface area contributed by atoms with Gasteiger partial charge in [0, 0.05) is 18.3 Å². The van der Waals surface area contributed by atoms with Gasteiger partial charge in [0.15, 0.2) is 0 Å². The monoisotopic (exact) mass is 261 g/mol. The number of hydrogen-bond donors (Lipinski definition) is 1. The molecule has 0 unspecified atom stereocenters. The van der Waals surface area contributed by atoms with Crippen LogP contribution in [-0.4, -0.2) is 17.7 Å². The van der Waals surface area contributed by atoms with Crippen molar-refractivity contribution in [2.24, 2.45) is 5.92 Å². The minimum absolute atomic E-state index is 0.376. The molecule has 0 aliphatic heterocycles. The summed E-state index contributed by atoms with van der Waals surface area (Å²) in [5, 5.41) is 9.60. The van der Waals surface area contributed by atoms with E-state index in [0.29, 0.717) is 12.0 Å². The van der Waals surface area contributed by atoms with Gasteiger partial charge < -0.3 is 10.0 Å². The van der Waals surface area contributed by atoms with Crippen LogP contribution in [-0.2, 0) is 0 Å². The molecule has 2 heteroatoms. The van der Waals surface area contributed by atoms with Gasteiger partial charge in [-0.05, 0) is 43.4 Å². The molecule has 2 rings (SSSR count). The quantitative estimate of drug-likeness (QED) is 0.861. The van der Waals surface area contributed by atoms with E-state index in [4.69, 9.17) is 0 Å². The van der Waals surface area contributed by atoms with Crippen LogP contribution < -0.4 is 4.90 Å². The minimum Gasteiger partial charge on any atom is -0.389 e. The van der Waals surface area contributed by atoms with Crippen LogP contribution in [0.25, 0.3) is 0 Å². The molecule has 0 amide bonds. The summed E-state index contributed by atoms with van der Waals surface area (Å²) < 4.78 is 0. The molecule has 2 nitrogen and oxygen atoms in total. The first-order chi connectivity index (χ1) is 9.08. The molecule has 1 aromatic rings. The van der Waals surface area contributed by atoms with Gasteiger partial charge in [0.2, 0.25) is 0 Å². The van der Waals surface area contributed by atoms with Crippen LogP contribution in [0.3, 0.4) is 0 Å². The maximum absolute atomic E-state index is 9.60. The van der Waals surface area contributed by atoms with Crippen molar-refractivity contribution < 1.29 is 5.11 Å². The van der Waals surface area contributed by atoms with Crippen molar-refractivity contribution in [1.29, 1.82) is 0 Å². The summed E-state index contributed by atoms with van der Waals surface area (Å²) in [6.45, 7) is 7.51. The van der Waals surface area contributed by atoms with Gasteiger partial charge in [-0.25, -0.2) is 0 Å². The molecule has 1 fully saturated rings. The van der Waals surface area contributed by atoms with Crippen molar-refractivity contribution in [1.82, 2.24) is 0 Å². The Morgan fingerprint density at radius 3 is 2.16 bits per heavy atom. The lowest BCUT2D eigenvalue weighted by Gasteiger charge is -2.33. The lowest BCUT2D eigenvalue weighted by atomic mass is 10.1. The van der Waals surface area contributed by atoms with E-state index in [0.717, 1.165) is 12.1 Å². The molecule has 0 spiro atoms. The third-order valence-electron chi connectivity index (χ3n) is 4.03. The highest BCUT2D eigenvalue weighted by Crippen LogP contribution is 2.29. The van der Waals surface area contributed by atoms with Crippen molar-refractivity contribution in [3.8, 4) is 0 Å². The fraction of sp³-hybridized carbons (Fsp3) is 0.647. The standard InChI is InChI=1S/C17H27NO/c1-13(2)12-18(16-6-4-5-7-16)17-10-8-15(9-11-17)14(3)19/h8-11,13-14,16,19H,4-7,12H2,1-3H3/t14-/m1/s1. The van der Waals surface area contributed by atoms with Crippen LogP contribution in [0.5, 0.6) is 0 Å². The molecule has 1 aliphatic rings. The van der Waals surface area contributed by atoms with Gasteiger partial charge in [0.05, 0.1) is 6.10 Å². The largest absolute Gasteiger partial charge is 0.389 e. The molecule has 1 aromatic carbocycles. The molecule has 0 aromatic heterocycles. The molecule has 106 valence electrons. The van der Waals surface area contributed by atoms with Crippen LogP contribution in [0.4, 0.5) is 5.69 Å². The van der Waals surface area contributed by atoms with Crippen LogP contribution in [0.1, 0.15) is 58.1 Å². The van der Waals surface area contributed by atoms with E-state index in [1.54, 1.807) is 0 Å². The molecular formula is C17H27NO. The maximum atomic E-state index is 9.60. The van der Waals surface area contributed by atoms with Crippen molar-refractivity contribution in [3.05, 3.63) is 29.8 Å². The number of anilines is 1. The predicted octanol–water partition coefficient (Wildman–Crippen LogP) is 4.14. The normalized spacial score (nSPS) is 17.9. The number of hydrogen-bond acceptors (Lipinski definition) is 2. The van der Waals surface area contributed by atoms with E-state index in [1.807, 2.05) is 6.92 Å². The highest BCUT2D eigenvalue weighted by atomic mass is 16.3. The lowest BCUT2D eigenvalue weighted by Crippen LogP contribution is -2.36. The van der Waals surface area contributed by atoms with Crippen molar-refractivity contribution in [2.75, 3.05) is 11.4 Å². The number of aliphatic hydroxyl groups is 1. The summed E-state index contributed by atoms with van der Waals surface area (Å²) in [6.07, 6.45) is 5.00. The molecule has 1 aliphatic carbocycles. The first-order valence-corrected chi connectivity index (χ1v) is 7.62. The smallest absolute Gasteiger partial charge is 0.0761 e. The Morgan fingerprint density at radius 2 is 1.68 bits per heavy atom. The van der Waals surface area contributed by atoms with E-state index in [1.165, 1.54) is 31.4 Å². The van der Waals surface area contributed by atoms with Gasteiger partial charge in [-0.2, -0.15) is 0 Å². The highest BCUT2D eigenvalue weighted by molar-refractivity contribution is 5.49. The van der Waals surface area contributed by atoms with Gasteiger partial charge in [0.25, 0.3) is 0 Å². The molecule has 0 radical (unpaired) electrons. The third kappa shape index (κ3) is 3.73. The van der Waals surface area contributed by atoms with Crippen LogP contribution in [0, 0.1) is 5.92 Å². The highest BCUT2D eigenvalue weighted by Gasteiger charge is 2.23. The SMILES string of the molecule is CC(C)CN(c1ccc([C@@H](C)O)cc1)C1CCCC1. The second-order valence-electron chi connectivity index (χ2n) is 6.25. The van der Waals surface area contributed by atoms with E-state index in [-0.39, 0.29) is 6.10 Å². The Labute approximate surface area is 117 Å². The summed E-state index contributed by atoms with van der Waals surface area (Å²) in [5.74, 6) is 0.678. The lowest BCUT2D eigenvalue weighted by molar-refractivity contribution is 0.199. The average Bonchev–Trinajstić information content (AvgIpc) is 2.89. The van der Waals surface area contributed by atoms with Crippen molar-refractivity contribution >= 4 is 5.69 Å². The maximum Gasteiger partial charge on any atom is 0.0761 e. The molecular weight excluding hydrogens is 234 g/mol. The Bertz CT molecular complexity index is 377. The number of nitrogens with zero attached hydrogens (tertiary/aromatic N) is 1.